The van der Waals surface area contributed by atoms with Crippen molar-refractivity contribution in [3.63, 3.8) is 0 Å². The molecular weight excluding hydrogens is 355 g/mol. The van der Waals surface area contributed by atoms with E-state index in [2.05, 4.69) is 19.7 Å². The average Bonchev–Trinajstić information content (AvgIpc) is 3.20. The Kier molecular flexibility index (Phi) is 3.80. The number of benzene rings is 1. The lowest BCUT2D eigenvalue weighted by Gasteiger charge is -2.12. The van der Waals surface area contributed by atoms with E-state index < -0.39 is 6.36 Å². The Balaban J connectivity index is 1.67. The molecule has 1 aliphatic rings. The second-order valence-electron chi connectivity index (χ2n) is 5.79. The van der Waals surface area contributed by atoms with Crippen LogP contribution in [0.4, 0.5) is 18.3 Å². The third-order valence-corrected chi connectivity index (χ3v) is 4.92. The first-order valence-electron chi connectivity index (χ1n) is 7.60. The maximum absolute atomic E-state index is 12.4. The van der Waals surface area contributed by atoms with Crippen LogP contribution in [0.2, 0.25) is 0 Å². The molecule has 1 aromatic carbocycles. The molecule has 3 heterocycles. The molecule has 4 rings (SSSR count). The standard InChI is InChI=1S/C15H14F3N5OS/c16-15(17,18)24-11-3-1-2-9(6-11)12-7-20-13-23(12)21-14(25-13)22-5-4-10(19)8-22/h1-3,6-7,10H,4-5,8,19H2. The Labute approximate surface area is 144 Å². The maximum Gasteiger partial charge on any atom is 0.573 e. The van der Waals surface area contributed by atoms with Crippen molar-refractivity contribution in [2.45, 2.75) is 18.8 Å². The van der Waals surface area contributed by atoms with Crippen LogP contribution in [0.3, 0.4) is 0 Å². The lowest BCUT2D eigenvalue weighted by Crippen LogP contribution is -2.26. The molecule has 10 heteroatoms. The number of hydrogen-bond acceptors (Lipinski definition) is 6. The van der Waals surface area contributed by atoms with Gasteiger partial charge in [-0.2, -0.15) is 0 Å². The Morgan fingerprint density at radius 1 is 1.32 bits per heavy atom. The highest BCUT2D eigenvalue weighted by Crippen LogP contribution is 2.32. The molecule has 0 spiro atoms. The van der Waals surface area contributed by atoms with Crippen LogP contribution in [0, 0.1) is 0 Å². The fourth-order valence-corrected chi connectivity index (χ4v) is 3.73. The lowest BCUT2D eigenvalue weighted by molar-refractivity contribution is -0.274. The maximum atomic E-state index is 12.4. The molecule has 0 radical (unpaired) electrons. The Hall–Kier alpha value is -2.33. The number of hydrogen-bond donors (Lipinski definition) is 1. The van der Waals surface area contributed by atoms with Gasteiger partial charge in [-0.25, -0.2) is 9.50 Å². The number of halogens is 3. The van der Waals surface area contributed by atoms with Crippen LogP contribution >= 0.6 is 11.3 Å². The number of aromatic nitrogens is 3. The zero-order chi connectivity index (χ0) is 17.6. The third-order valence-electron chi connectivity index (χ3n) is 3.93. The summed E-state index contributed by atoms with van der Waals surface area (Å²) in [6.45, 7) is 1.57. The van der Waals surface area contributed by atoms with E-state index in [0.29, 0.717) is 16.2 Å². The summed E-state index contributed by atoms with van der Waals surface area (Å²) >= 11 is 1.43. The van der Waals surface area contributed by atoms with Crippen molar-refractivity contribution in [2.24, 2.45) is 5.73 Å². The summed E-state index contributed by atoms with van der Waals surface area (Å²) in [4.78, 5) is 7.08. The number of fused-ring (bicyclic) bond motifs is 1. The predicted molar refractivity (Wildman–Crippen MR) is 87.8 cm³/mol. The van der Waals surface area contributed by atoms with E-state index in [9.17, 15) is 13.2 Å². The highest BCUT2D eigenvalue weighted by atomic mass is 32.1. The van der Waals surface area contributed by atoms with E-state index in [1.165, 1.54) is 29.5 Å². The smallest absolute Gasteiger partial charge is 0.406 e. The Morgan fingerprint density at radius 2 is 2.16 bits per heavy atom. The molecule has 0 saturated carbocycles. The van der Waals surface area contributed by atoms with Crippen LogP contribution in [0.15, 0.2) is 30.5 Å². The van der Waals surface area contributed by atoms with Gasteiger partial charge in [-0.05, 0) is 18.6 Å². The zero-order valence-corrected chi connectivity index (χ0v) is 13.7. The molecule has 1 fully saturated rings. The highest BCUT2D eigenvalue weighted by Gasteiger charge is 2.31. The van der Waals surface area contributed by atoms with Gasteiger partial charge >= 0.3 is 6.36 Å². The van der Waals surface area contributed by atoms with Crippen LogP contribution in [-0.4, -0.2) is 40.1 Å². The zero-order valence-electron chi connectivity index (χ0n) is 12.9. The summed E-state index contributed by atoms with van der Waals surface area (Å²) < 4.78 is 42.8. The molecule has 1 unspecified atom stereocenters. The van der Waals surface area contributed by atoms with Crippen molar-refractivity contribution in [1.29, 1.82) is 0 Å². The molecule has 2 N–H and O–H groups in total. The second-order valence-corrected chi connectivity index (χ2v) is 6.73. The van der Waals surface area contributed by atoms with Gasteiger partial charge in [0.25, 0.3) is 0 Å². The summed E-state index contributed by atoms with van der Waals surface area (Å²) in [5.74, 6) is -0.277. The van der Waals surface area contributed by atoms with Gasteiger partial charge in [0.1, 0.15) is 5.75 Å². The molecule has 25 heavy (non-hydrogen) atoms. The predicted octanol–water partition coefficient (Wildman–Crippen LogP) is 2.89. The van der Waals surface area contributed by atoms with Crippen LogP contribution in [0.25, 0.3) is 16.2 Å². The third kappa shape index (κ3) is 3.27. The van der Waals surface area contributed by atoms with Crippen LogP contribution in [0.1, 0.15) is 6.42 Å². The first-order valence-corrected chi connectivity index (χ1v) is 8.42. The molecule has 0 bridgehead atoms. The molecule has 1 saturated heterocycles. The van der Waals surface area contributed by atoms with Gasteiger partial charge in [0.2, 0.25) is 10.1 Å². The van der Waals surface area contributed by atoms with E-state index in [-0.39, 0.29) is 11.8 Å². The SMILES string of the molecule is NC1CCN(c2nn3c(-c4cccc(OC(F)(F)F)c4)cnc3s2)C1. The fraction of sp³-hybridized carbons (Fsp3) is 0.333. The van der Waals surface area contributed by atoms with E-state index in [1.54, 1.807) is 16.8 Å². The minimum absolute atomic E-state index is 0.131. The first kappa shape index (κ1) is 16.2. The molecule has 132 valence electrons. The summed E-state index contributed by atoms with van der Waals surface area (Å²) in [5.41, 5.74) is 7.08. The van der Waals surface area contributed by atoms with Crippen molar-refractivity contribution in [3.05, 3.63) is 30.5 Å². The molecule has 1 aliphatic heterocycles. The number of nitrogens with zero attached hydrogens (tertiary/aromatic N) is 4. The van der Waals surface area contributed by atoms with Crippen molar-refractivity contribution in [2.75, 3.05) is 18.0 Å². The molecule has 2 aromatic heterocycles. The minimum atomic E-state index is -4.73. The molecule has 0 amide bonds. The normalized spacial score (nSPS) is 18.2. The van der Waals surface area contributed by atoms with Crippen LogP contribution in [0.5, 0.6) is 5.75 Å². The summed E-state index contributed by atoms with van der Waals surface area (Å²) in [7, 11) is 0. The molecule has 6 nitrogen and oxygen atoms in total. The fourth-order valence-electron chi connectivity index (χ4n) is 2.82. The Morgan fingerprint density at radius 3 is 2.88 bits per heavy atom. The summed E-state index contributed by atoms with van der Waals surface area (Å²) in [6.07, 6.45) is -2.23. The lowest BCUT2D eigenvalue weighted by atomic mass is 10.1. The molecule has 3 aromatic rings. The van der Waals surface area contributed by atoms with Crippen molar-refractivity contribution in [3.8, 4) is 17.0 Å². The van der Waals surface area contributed by atoms with Crippen LogP contribution in [-0.2, 0) is 0 Å². The van der Waals surface area contributed by atoms with Gasteiger partial charge in [0, 0.05) is 24.7 Å². The van der Waals surface area contributed by atoms with E-state index in [1.807, 2.05) is 0 Å². The van der Waals surface area contributed by atoms with Gasteiger partial charge in [0.15, 0.2) is 0 Å². The number of ether oxygens (including phenoxy) is 1. The average molecular weight is 369 g/mol. The van der Waals surface area contributed by atoms with Crippen molar-refractivity contribution < 1.29 is 17.9 Å². The van der Waals surface area contributed by atoms with Crippen LogP contribution < -0.4 is 15.4 Å². The van der Waals surface area contributed by atoms with Gasteiger partial charge in [-0.3, -0.25) is 0 Å². The second kappa shape index (κ2) is 5.88. The van der Waals surface area contributed by atoms with Crippen molar-refractivity contribution in [1.82, 2.24) is 14.6 Å². The highest BCUT2D eigenvalue weighted by molar-refractivity contribution is 7.20. The summed E-state index contributed by atoms with van der Waals surface area (Å²) in [6, 6.07) is 5.90. The monoisotopic (exact) mass is 369 g/mol. The number of nitrogens with two attached hydrogens (primary N) is 1. The van der Waals surface area contributed by atoms with Gasteiger partial charge in [0.05, 0.1) is 11.9 Å². The van der Waals surface area contributed by atoms with E-state index >= 15 is 0 Å². The number of imidazole rings is 1. The largest absolute Gasteiger partial charge is 0.573 e. The Bertz CT molecular complexity index is 906. The minimum Gasteiger partial charge on any atom is -0.406 e. The van der Waals surface area contributed by atoms with Gasteiger partial charge < -0.3 is 15.4 Å². The summed E-state index contributed by atoms with van der Waals surface area (Å²) in [5, 5.41) is 5.36. The number of rotatable bonds is 3. The molecule has 1 atom stereocenters. The molecular formula is C15H14F3N5OS. The quantitative estimate of drug-likeness (QED) is 0.769. The van der Waals surface area contributed by atoms with E-state index in [4.69, 9.17) is 5.73 Å². The van der Waals surface area contributed by atoms with Crippen molar-refractivity contribution >= 4 is 21.4 Å². The van der Waals surface area contributed by atoms with E-state index in [0.717, 1.165) is 24.6 Å². The van der Waals surface area contributed by atoms with Gasteiger partial charge in [-0.1, -0.05) is 23.5 Å². The molecule has 0 aliphatic carbocycles. The first-order chi connectivity index (χ1) is 11.9. The number of alkyl halides is 3. The number of anilines is 1. The topological polar surface area (TPSA) is 68.7 Å². The van der Waals surface area contributed by atoms with Gasteiger partial charge in [-0.15, -0.1) is 18.3 Å².